The van der Waals surface area contributed by atoms with Gasteiger partial charge in [0, 0.05) is 71.9 Å². The highest BCUT2D eigenvalue weighted by molar-refractivity contribution is 5.87. The Balaban J connectivity index is 0.000000188. The minimum Gasteiger partial charge on any atom is -0.462 e. The molecule has 3 saturated heterocycles. The van der Waals surface area contributed by atoms with Crippen LogP contribution in [0.15, 0.2) is 47.6 Å². The van der Waals surface area contributed by atoms with Gasteiger partial charge in [-0.3, -0.25) is 14.4 Å². The lowest BCUT2D eigenvalue weighted by molar-refractivity contribution is -0.176. The van der Waals surface area contributed by atoms with Gasteiger partial charge in [-0.15, -0.1) is 0 Å². The highest BCUT2D eigenvalue weighted by Gasteiger charge is 2.57. The second-order valence-electron chi connectivity index (χ2n) is 13.8. The molecule has 2 spiro atoms. The third kappa shape index (κ3) is 8.10. The summed E-state index contributed by atoms with van der Waals surface area (Å²) < 4.78 is 33.8. The fourth-order valence-electron chi connectivity index (χ4n) is 7.67. The van der Waals surface area contributed by atoms with Gasteiger partial charge in [0.2, 0.25) is 11.8 Å². The van der Waals surface area contributed by atoms with Gasteiger partial charge < -0.3 is 38.2 Å². The monoisotopic (exact) mass is 670 g/mol. The molecule has 48 heavy (non-hydrogen) atoms. The first-order valence-electron chi connectivity index (χ1n) is 17.0. The third-order valence-electron chi connectivity index (χ3n) is 10.0. The van der Waals surface area contributed by atoms with E-state index in [9.17, 15) is 19.2 Å². The molecule has 0 aromatic heterocycles. The molecule has 3 aliphatic carbocycles. The van der Waals surface area contributed by atoms with Crippen molar-refractivity contribution < 1.29 is 47.6 Å². The topological polar surface area (TPSA) is 130 Å². The second kappa shape index (κ2) is 15.1. The molecule has 6 aliphatic rings. The van der Waals surface area contributed by atoms with Crippen molar-refractivity contribution in [2.75, 3.05) is 54.6 Å². The van der Waals surface area contributed by atoms with Gasteiger partial charge >= 0.3 is 11.9 Å². The van der Waals surface area contributed by atoms with Crippen LogP contribution in [0.2, 0.25) is 0 Å². The summed E-state index contributed by atoms with van der Waals surface area (Å²) in [5.41, 5.74) is 2.14. The van der Waals surface area contributed by atoms with Crippen LogP contribution < -0.4 is 0 Å². The molecule has 1 unspecified atom stereocenters. The maximum atomic E-state index is 12.9. The standard InChI is InChI=1S/2C18H25NO5/c1-10-14-13(17(21)24-10)8-11-9-18(22-6-7-23-18)5-4-12(11)15(14)16(20)19(2)3;1-14(6-8-16(20)19(2)3)24-17(21)9-7-15-5-4-10-18(13-15)22-11-12-23-18/h8,10,12-15H,4-7,9H2,1-3H3;5-9,14H,4,10-13H2,1-3H3/b;8-6-,9-7+/t10?,12-,13-,14-,15+;14-/m11/s1. The zero-order valence-electron chi connectivity index (χ0n) is 29.0. The largest absolute Gasteiger partial charge is 0.462 e. The van der Waals surface area contributed by atoms with E-state index in [1.807, 2.05) is 13.0 Å². The van der Waals surface area contributed by atoms with Crippen LogP contribution in [-0.2, 0) is 47.6 Å². The molecular weight excluding hydrogens is 620 g/mol. The van der Waals surface area contributed by atoms with E-state index in [4.69, 9.17) is 28.4 Å². The van der Waals surface area contributed by atoms with E-state index in [-0.39, 0.29) is 47.6 Å². The number of rotatable bonds is 6. The molecular formula is C36H50N2O10. The van der Waals surface area contributed by atoms with Crippen molar-refractivity contribution >= 4 is 23.8 Å². The summed E-state index contributed by atoms with van der Waals surface area (Å²) in [6, 6.07) is 0. The summed E-state index contributed by atoms with van der Waals surface area (Å²) in [6.45, 7) is 6.08. The maximum Gasteiger partial charge on any atom is 0.331 e. The molecule has 0 N–H and O–H groups in total. The van der Waals surface area contributed by atoms with Crippen molar-refractivity contribution in [3.63, 3.8) is 0 Å². The molecule has 3 aliphatic heterocycles. The van der Waals surface area contributed by atoms with Crippen LogP contribution in [0.5, 0.6) is 0 Å². The van der Waals surface area contributed by atoms with Gasteiger partial charge in [0.1, 0.15) is 12.2 Å². The molecule has 6 rings (SSSR count). The number of cyclic esters (lactones) is 1. The van der Waals surface area contributed by atoms with Crippen LogP contribution in [0.25, 0.3) is 0 Å². The van der Waals surface area contributed by atoms with Gasteiger partial charge in [0.25, 0.3) is 0 Å². The highest BCUT2D eigenvalue weighted by atomic mass is 16.7. The average Bonchev–Trinajstić information content (AvgIpc) is 3.77. The fourth-order valence-corrected chi connectivity index (χ4v) is 7.67. The molecule has 0 bridgehead atoms. The van der Waals surface area contributed by atoms with Crippen LogP contribution in [0.3, 0.4) is 0 Å². The minimum absolute atomic E-state index is 0.0689. The molecule has 6 atom stereocenters. The van der Waals surface area contributed by atoms with E-state index in [2.05, 4.69) is 6.08 Å². The number of carbonyl (C=O) groups is 4. The number of esters is 2. The van der Waals surface area contributed by atoms with Crippen LogP contribution in [0.1, 0.15) is 52.4 Å². The quantitative estimate of drug-likeness (QED) is 0.236. The first kappa shape index (κ1) is 36.0. The number of carbonyl (C=O) groups excluding carboxylic acids is 4. The SMILES string of the molecule is CC1OC(=O)[C@@H]2C=C3CC4(CC[C@H]3[C@H](C(=O)N(C)C)[C@H]12)OCCO4.C[C@H](/C=C\C(=O)N(C)C)OC(=O)/C=C/C1=CCCC2(C1)OCCO2. The van der Waals surface area contributed by atoms with Crippen LogP contribution in [0.4, 0.5) is 0 Å². The summed E-state index contributed by atoms with van der Waals surface area (Å²) in [7, 11) is 6.89. The van der Waals surface area contributed by atoms with Gasteiger partial charge in [-0.05, 0) is 44.3 Å². The molecule has 1 saturated carbocycles. The molecule has 0 aromatic carbocycles. The number of amides is 2. The predicted octanol–water partition coefficient (Wildman–Crippen LogP) is 3.32. The predicted molar refractivity (Wildman–Crippen MR) is 174 cm³/mol. The Labute approximate surface area is 283 Å². The number of hydrogen-bond donors (Lipinski definition) is 0. The third-order valence-corrected chi connectivity index (χ3v) is 10.0. The van der Waals surface area contributed by atoms with Crippen molar-refractivity contribution in [1.29, 1.82) is 0 Å². The number of ether oxygens (including phenoxy) is 6. The van der Waals surface area contributed by atoms with E-state index in [1.165, 1.54) is 17.1 Å². The van der Waals surface area contributed by atoms with E-state index in [0.29, 0.717) is 39.3 Å². The van der Waals surface area contributed by atoms with Crippen LogP contribution in [-0.4, -0.2) is 112 Å². The maximum absolute atomic E-state index is 12.9. The van der Waals surface area contributed by atoms with Gasteiger partial charge in [-0.1, -0.05) is 23.8 Å². The van der Waals surface area contributed by atoms with Crippen molar-refractivity contribution in [1.82, 2.24) is 9.80 Å². The summed E-state index contributed by atoms with van der Waals surface area (Å²) in [5.74, 6) is -2.21. The zero-order chi connectivity index (χ0) is 34.6. The number of hydrogen-bond acceptors (Lipinski definition) is 10. The highest BCUT2D eigenvalue weighted by Crippen LogP contribution is 2.53. The molecule has 12 heteroatoms. The van der Waals surface area contributed by atoms with Crippen molar-refractivity contribution in [3.8, 4) is 0 Å². The Kier molecular flexibility index (Phi) is 11.3. The Bertz CT molecular complexity index is 1350. The van der Waals surface area contributed by atoms with Gasteiger partial charge in [-0.25, -0.2) is 4.79 Å². The smallest absolute Gasteiger partial charge is 0.331 e. The van der Waals surface area contributed by atoms with E-state index in [0.717, 1.165) is 36.8 Å². The molecule has 12 nitrogen and oxygen atoms in total. The molecule has 4 fully saturated rings. The van der Waals surface area contributed by atoms with Gasteiger partial charge in [0.15, 0.2) is 11.6 Å². The van der Waals surface area contributed by atoms with Gasteiger partial charge in [0.05, 0.1) is 38.3 Å². The Morgan fingerprint density at radius 2 is 1.58 bits per heavy atom. The summed E-state index contributed by atoms with van der Waals surface area (Å²) in [5, 5.41) is 0. The minimum atomic E-state index is -0.547. The first-order valence-corrected chi connectivity index (χ1v) is 17.0. The Morgan fingerprint density at radius 3 is 2.21 bits per heavy atom. The van der Waals surface area contributed by atoms with Crippen LogP contribution in [0, 0.1) is 23.7 Å². The number of allylic oxidation sites excluding steroid dienone is 2. The molecule has 0 aromatic rings. The number of nitrogens with zero attached hydrogens (tertiary/aromatic N) is 2. The van der Waals surface area contributed by atoms with Gasteiger partial charge in [-0.2, -0.15) is 0 Å². The normalized spacial score (nSPS) is 30.5. The number of likely N-dealkylation sites (N-methyl/N-ethyl adjacent to an activating group) is 1. The van der Waals surface area contributed by atoms with E-state index >= 15 is 0 Å². The van der Waals surface area contributed by atoms with E-state index < -0.39 is 23.6 Å². The Hall–Kier alpha value is -3.32. The lowest BCUT2D eigenvalue weighted by Crippen LogP contribution is -2.49. The average molecular weight is 671 g/mol. The fraction of sp³-hybridized carbons (Fsp3) is 0.667. The molecule has 264 valence electrons. The summed E-state index contributed by atoms with van der Waals surface area (Å²) >= 11 is 0. The molecule has 3 heterocycles. The zero-order valence-corrected chi connectivity index (χ0v) is 29.0. The number of fused-ring (bicyclic) bond motifs is 2. The second-order valence-corrected chi connectivity index (χ2v) is 13.8. The lowest BCUT2D eigenvalue weighted by Gasteiger charge is -2.45. The Morgan fingerprint density at radius 1 is 0.938 bits per heavy atom. The molecule has 0 radical (unpaired) electrons. The van der Waals surface area contributed by atoms with Crippen molar-refractivity contribution in [2.45, 2.75) is 76.2 Å². The van der Waals surface area contributed by atoms with E-state index in [1.54, 1.807) is 52.2 Å². The summed E-state index contributed by atoms with van der Waals surface area (Å²) in [4.78, 5) is 51.6. The van der Waals surface area contributed by atoms with Crippen molar-refractivity contribution in [3.05, 3.63) is 47.6 Å². The van der Waals surface area contributed by atoms with Crippen LogP contribution >= 0.6 is 0 Å². The first-order chi connectivity index (χ1) is 22.8. The van der Waals surface area contributed by atoms with Crippen molar-refractivity contribution in [2.24, 2.45) is 23.7 Å². The summed E-state index contributed by atoms with van der Waals surface area (Å²) in [6.07, 6.45) is 14.2. The lowest BCUT2D eigenvalue weighted by atomic mass is 9.61. The molecule has 2 amide bonds.